The van der Waals surface area contributed by atoms with Crippen LogP contribution in [0.2, 0.25) is 0 Å². The maximum Gasteiger partial charge on any atom is 0.314 e. The minimum Gasteiger partial charge on any atom is -0.434 e. The highest BCUT2D eigenvalue weighted by Crippen LogP contribution is 2.68. The lowest BCUT2D eigenvalue weighted by molar-refractivity contribution is -0.145. The first kappa shape index (κ1) is 11.1. The number of allylic oxidation sites excluding steroid dienone is 2. The van der Waals surface area contributed by atoms with Gasteiger partial charge in [-0.15, -0.1) is 0 Å². The molecule has 0 unspecified atom stereocenters. The molecule has 0 aromatic heterocycles. The molecule has 2 saturated carbocycles. The second-order valence-corrected chi connectivity index (χ2v) is 6.42. The molecule has 0 saturated heterocycles. The average molecular weight is 232 g/mol. The third-order valence-corrected chi connectivity index (χ3v) is 5.26. The van der Waals surface area contributed by atoms with Crippen molar-refractivity contribution < 1.29 is 9.53 Å². The average Bonchev–Trinajstić information content (AvgIpc) is 2.85. The van der Waals surface area contributed by atoms with Crippen LogP contribution in [0.15, 0.2) is 24.0 Å². The van der Waals surface area contributed by atoms with Gasteiger partial charge in [-0.2, -0.15) is 0 Å². The predicted octanol–water partition coefficient (Wildman–Crippen LogP) is 3.30. The van der Waals surface area contributed by atoms with Gasteiger partial charge in [-0.3, -0.25) is 4.79 Å². The third-order valence-electron chi connectivity index (χ3n) is 5.26. The molecule has 2 heteroatoms. The zero-order chi connectivity index (χ0) is 12.4. The minimum absolute atomic E-state index is 0.0147. The summed E-state index contributed by atoms with van der Waals surface area (Å²) in [4.78, 5) is 11.7. The molecule has 3 rings (SSSR count). The van der Waals surface area contributed by atoms with Crippen LogP contribution in [0.4, 0.5) is 0 Å². The number of cyclic esters (lactones) is 1. The van der Waals surface area contributed by atoms with Gasteiger partial charge in [0.1, 0.15) is 0 Å². The SMILES string of the molecule is C=C1CC[C@H]2[C@@H]([C@@H]3C1=COC(=O)[C@H]3C)C2(C)C. The molecule has 0 amide bonds. The molecule has 0 aromatic carbocycles. The molecule has 4 atom stereocenters. The second kappa shape index (κ2) is 3.24. The Bertz CT molecular complexity index is 430. The number of esters is 1. The quantitative estimate of drug-likeness (QED) is 0.599. The van der Waals surface area contributed by atoms with E-state index in [1.165, 1.54) is 17.6 Å². The fourth-order valence-corrected chi connectivity index (χ4v) is 4.07. The minimum atomic E-state index is -0.0742. The maximum atomic E-state index is 11.7. The van der Waals surface area contributed by atoms with Crippen molar-refractivity contribution in [3.63, 3.8) is 0 Å². The van der Waals surface area contributed by atoms with E-state index in [-0.39, 0.29) is 11.9 Å². The second-order valence-electron chi connectivity index (χ2n) is 6.42. The number of carbonyl (C=O) groups is 1. The van der Waals surface area contributed by atoms with E-state index in [2.05, 4.69) is 20.4 Å². The molecule has 2 fully saturated rings. The van der Waals surface area contributed by atoms with Gasteiger partial charge in [0, 0.05) is 5.92 Å². The zero-order valence-electron chi connectivity index (χ0n) is 10.8. The van der Waals surface area contributed by atoms with Gasteiger partial charge in [0.2, 0.25) is 0 Å². The van der Waals surface area contributed by atoms with E-state index in [0.29, 0.717) is 17.3 Å². The molecule has 0 aromatic rings. The number of ether oxygens (including phenoxy) is 1. The van der Waals surface area contributed by atoms with Gasteiger partial charge in [-0.1, -0.05) is 27.4 Å². The maximum absolute atomic E-state index is 11.7. The van der Waals surface area contributed by atoms with Gasteiger partial charge < -0.3 is 4.74 Å². The summed E-state index contributed by atoms with van der Waals surface area (Å²) < 4.78 is 5.16. The molecule has 3 aliphatic rings. The summed E-state index contributed by atoms with van der Waals surface area (Å²) in [6, 6.07) is 0. The van der Waals surface area contributed by atoms with Crippen molar-refractivity contribution in [2.45, 2.75) is 33.6 Å². The van der Waals surface area contributed by atoms with Crippen LogP contribution in [0.1, 0.15) is 33.6 Å². The van der Waals surface area contributed by atoms with Crippen LogP contribution in [0, 0.1) is 29.1 Å². The van der Waals surface area contributed by atoms with Gasteiger partial charge in [-0.25, -0.2) is 0 Å². The lowest BCUT2D eigenvalue weighted by atomic mass is 9.77. The van der Waals surface area contributed by atoms with Gasteiger partial charge in [0.05, 0.1) is 12.2 Å². The van der Waals surface area contributed by atoms with E-state index < -0.39 is 0 Å². The molecule has 92 valence electrons. The molecule has 2 nitrogen and oxygen atoms in total. The third kappa shape index (κ3) is 1.36. The Labute approximate surface area is 103 Å². The van der Waals surface area contributed by atoms with Crippen LogP contribution in [-0.2, 0) is 9.53 Å². The highest BCUT2D eigenvalue weighted by Gasteiger charge is 2.63. The largest absolute Gasteiger partial charge is 0.434 e. The normalized spacial score (nSPS) is 42.9. The van der Waals surface area contributed by atoms with E-state index >= 15 is 0 Å². The van der Waals surface area contributed by atoms with E-state index in [1.807, 2.05) is 6.92 Å². The van der Waals surface area contributed by atoms with Crippen LogP contribution in [0.3, 0.4) is 0 Å². The van der Waals surface area contributed by atoms with Gasteiger partial charge in [-0.05, 0) is 41.2 Å². The summed E-state index contributed by atoms with van der Waals surface area (Å²) in [6.07, 6.45) is 3.94. The molecule has 17 heavy (non-hydrogen) atoms. The Kier molecular flexibility index (Phi) is 2.11. The standard InChI is InChI=1S/C15H20O2/c1-8-5-6-11-13(15(11,3)4)12-9(2)14(16)17-7-10(8)12/h7,9,11-13H,1,5-6H2,2-4H3/t9-,11-,12-,13-/m0/s1. The molecule has 0 spiro atoms. The summed E-state index contributed by atoms with van der Waals surface area (Å²) >= 11 is 0. The summed E-state index contributed by atoms with van der Waals surface area (Å²) in [5, 5.41) is 0. The molecule has 1 heterocycles. The van der Waals surface area contributed by atoms with Gasteiger partial charge >= 0.3 is 5.97 Å². The highest BCUT2D eigenvalue weighted by molar-refractivity contribution is 5.75. The van der Waals surface area contributed by atoms with Gasteiger partial charge in [0.15, 0.2) is 0 Å². The van der Waals surface area contributed by atoms with E-state index in [1.54, 1.807) is 6.26 Å². The first-order valence-electron chi connectivity index (χ1n) is 6.53. The van der Waals surface area contributed by atoms with E-state index in [0.717, 1.165) is 12.3 Å². The van der Waals surface area contributed by atoms with Crippen LogP contribution in [-0.4, -0.2) is 5.97 Å². The molecule has 0 bridgehead atoms. The fourth-order valence-electron chi connectivity index (χ4n) is 4.07. The van der Waals surface area contributed by atoms with E-state index in [4.69, 9.17) is 4.74 Å². The van der Waals surface area contributed by atoms with Crippen LogP contribution in [0.5, 0.6) is 0 Å². The summed E-state index contributed by atoms with van der Waals surface area (Å²) in [7, 11) is 0. The first-order chi connectivity index (χ1) is 7.94. The Morgan fingerprint density at radius 1 is 1.47 bits per heavy atom. The summed E-state index contributed by atoms with van der Waals surface area (Å²) in [6.45, 7) is 10.8. The monoisotopic (exact) mass is 232 g/mol. The topological polar surface area (TPSA) is 26.3 Å². The molecule has 0 N–H and O–H groups in total. The van der Waals surface area contributed by atoms with Crippen molar-refractivity contribution in [3.05, 3.63) is 24.0 Å². The molecular formula is C15H20O2. The first-order valence-corrected chi connectivity index (χ1v) is 6.53. The number of hydrogen-bond acceptors (Lipinski definition) is 2. The molecule has 2 aliphatic carbocycles. The number of rotatable bonds is 0. The van der Waals surface area contributed by atoms with E-state index in [9.17, 15) is 4.79 Å². The molecule has 1 aliphatic heterocycles. The highest BCUT2D eigenvalue weighted by atomic mass is 16.5. The lowest BCUT2D eigenvalue weighted by Crippen LogP contribution is -2.30. The van der Waals surface area contributed by atoms with Crippen molar-refractivity contribution >= 4 is 5.97 Å². The Balaban J connectivity index is 2.04. The lowest BCUT2D eigenvalue weighted by Gasteiger charge is -2.30. The van der Waals surface area contributed by atoms with Crippen molar-refractivity contribution in [3.8, 4) is 0 Å². The van der Waals surface area contributed by atoms with Gasteiger partial charge in [0.25, 0.3) is 0 Å². The van der Waals surface area contributed by atoms with Crippen LogP contribution < -0.4 is 0 Å². The van der Waals surface area contributed by atoms with Crippen molar-refractivity contribution in [2.75, 3.05) is 0 Å². The Morgan fingerprint density at radius 2 is 2.18 bits per heavy atom. The fraction of sp³-hybridized carbons (Fsp3) is 0.667. The smallest absolute Gasteiger partial charge is 0.314 e. The van der Waals surface area contributed by atoms with Crippen molar-refractivity contribution in [1.29, 1.82) is 0 Å². The zero-order valence-corrected chi connectivity index (χ0v) is 10.8. The number of fused-ring (bicyclic) bond motifs is 3. The Morgan fingerprint density at radius 3 is 2.88 bits per heavy atom. The predicted molar refractivity (Wildman–Crippen MR) is 66.0 cm³/mol. The number of hydrogen-bond donors (Lipinski definition) is 0. The Hall–Kier alpha value is -1.05. The number of carbonyl (C=O) groups excluding carboxylic acids is 1. The van der Waals surface area contributed by atoms with Crippen molar-refractivity contribution in [1.82, 2.24) is 0 Å². The van der Waals surface area contributed by atoms with Crippen LogP contribution in [0.25, 0.3) is 0 Å². The summed E-state index contributed by atoms with van der Waals surface area (Å²) in [5.74, 6) is 1.64. The molecular weight excluding hydrogens is 212 g/mol. The summed E-state index contributed by atoms with van der Waals surface area (Å²) in [5.41, 5.74) is 2.77. The molecule has 0 radical (unpaired) electrons. The van der Waals surface area contributed by atoms with Crippen LogP contribution >= 0.6 is 0 Å². The van der Waals surface area contributed by atoms with Crippen molar-refractivity contribution in [2.24, 2.45) is 29.1 Å².